The van der Waals surface area contributed by atoms with Crippen molar-refractivity contribution in [3.63, 3.8) is 0 Å². The van der Waals surface area contributed by atoms with E-state index in [2.05, 4.69) is 15.5 Å². The molecule has 0 radical (unpaired) electrons. The largest absolute Gasteiger partial charge is 0.387 e. The molecular formula is C13H15N3O3. The number of benzene rings is 1. The molecule has 6 nitrogen and oxygen atoms in total. The van der Waals surface area contributed by atoms with Crippen LogP contribution in [0.2, 0.25) is 0 Å². The predicted octanol–water partition coefficient (Wildman–Crippen LogP) is 1.87. The molecule has 0 saturated carbocycles. The number of hydrogen-bond acceptors (Lipinski definition) is 6. The SMILES string of the molecule is CNc1ccccc1-c1nc(C2COCCO2)no1. The summed E-state index contributed by atoms with van der Waals surface area (Å²) in [6.45, 7) is 1.64. The van der Waals surface area contributed by atoms with Crippen LogP contribution >= 0.6 is 0 Å². The van der Waals surface area contributed by atoms with Gasteiger partial charge in [0, 0.05) is 12.7 Å². The number of nitrogens with one attached hydrogen (secondary N) is 1. The molecule has 3 rings (SSSR count). The van der Waals surface area contributed by atoms with Gasteiger partial charge in [-0.3, -0.25) is 0 Å². The normalized spacial score (nSPS) is 19.3. The molecule has 19 heavy (non-hydrogen) atoms. The van der Waals surface area contributed by atoms with Crippen molar-refractivity contribution in [1.29, 1.82) is 0 Å². The minimum absolute atomic E-state index is 0.243. The zero-order valence-electron chi connectivity index (χ0n) is 10.6. The third-order valence-corrected chi connectivity index (χ3v) is 2.97. The Labute approximate surface area is 110 Å². The van der Waals surface area contributed by atoms with Crippen molar-refractivity contribution >= 4 is 5.69 Å². The summed E-state index contributed by atoms with van der Waals surface area (Å²) in [5.41, 5.74) is 1.82. The minimum Gasteiger partial charge on any atom is -0.387 e. The van der Waals surface area contributed by atoms with Crippen LogP contribution in [0, 0.1) is 0 Å². The fourth-order valence-corrected chi connectivity index (χ4v) is 2.00. The van der Waals surface area contributed by atoms with Gasteiger partial charge in [0.05, 0.1) is 25.4 Å². The van der Waals surface area contributed by atoms with Crippen LogP contribution in [-0.2, 0) is 9.47 Å². The number of para-hydroxylation sites is 1. The maximum Gasteiger partial charge on any atom is 0.260 e. The van der Waals surface area contributed by atoms with Crippen molar-refractivity contribution in [1.82, 2.24) is 10.1 Å². The summed E-state index contributed by atoms with van der Waals surface area (Å²) in [4.78, 5) is 4.39. The van der Waals surface area contributed by atoms with E-state index in [-0.39, 0.29) is 6.10 Å². The molecule has 0 spiro atoms. The molecule has 1 aromatic carbocycles. The first-order chi connectivity index (χ1) is 9.38. The Hall–Kier alpha value is -1.92. The fraction of sp³-hybridized carbons (Fsp3) is 0.385. The molecule has 1 saturated heterocycles. The number of nitrogens with zero attached hydrogens (tertiary/aromatic N) is 2. The van der Waals surface area contributed by atoms with E-state index in [1.54, 1.807) is 0 Å². The Morgan fingerprint density at radius 3 is 2.95 bits per heavy atom. The zero-order valence-corrected chi connectivity index (χ0v) is 10.6. The monoisotopic (exact) mass is 261 g/mol. The van der Waals surface area contributed by atoms with Crippen molar-refractivity contribution < 1.29 is 14.0 Å². The van der Waals surface area contributed by atoms with E-state index in [4.69, 9.17) is 14.0 Å². The summed E-state index contributed by atoms with van der Waals surface area (Å²) < 4.78 is 16.2. The average molecular weight is 261 g/mol. The van der Waals surface area contributed by atoms with Crippen LogP contribution in [0.4, 0.5) is 5.69 Å². The topological polar surface area (TPSA) is 69.4 Å². The van der Waals surface area contributed by atoms with Crippen molar-refractivity contribution in [3.05, 3.63) is 30.1 Å². The fourth-order valence-electron chi connectivity index (χ4n) is 2.00. The molecule has 0 bridgehead atoms. The Morgan fingerprint density at radius 1 is 1.26 bits per heavy atom. The maximum absolute atomic E-state index is 5.54. The van der Waals surface area contributed by atoms with Crippen LogP contribution in [0.25, 0.3) is 11.5 Å². The third kappa shape index (κ3) is 2.45. The summed E-state index contributed by atoms with van der Waals surface area (Å²) in [5, 5.41) is 7.07. The summed E-state index contributed by atoms with van der Waals surface area (Å²) in [6, 6.07) is 7.77. The molecule has 100 valence electrons. The second kappa shape index (κ2) is 5.38. The van der Waals surface area contributed by atoms with Crippen molar-refractivity contribution in [2.24, 2.45) is 0 Å². The molecule has 1 N–H and O–H groups in total. The lowest BCUT2D eigenvalue weighted by molar-refractivity contribution is -0.0941. The predicted molar refractivity (Wildman–Crippen MR) is 68.8 cm³/mol. The Balaban J connectivity index is 1.88. The maximum atomic E-state index is 5.54. The van der Waals surface area contributed by atoms with Crippen LogP contribution in [-0.4, -0.2) is 37.0 Å². The highest BCUT2D eigenvalue weighted by atomic mass is 16.6. The van der Waals surface area contributed by atoms with Gasteiger partial charge in [-0.05, 0) is 12.1 Å². The molecule has 1 aliphatic rings. The number of aromatic nitrogens is 2. The second-order valence-corrected chi connectivity index (χ2v) is 4.19. The smallest absolute Gasteiger partial charge is 0.260 e. The van der Waals surface area contributed by atoms with Gasteiger partial charge in [-0.2, -0.15) is 4.98 Å². The molecule has 1 unspecified atom stereocenters. The quantitative estimate of drug-likeness (QED) is 0.909. The first-order valence-corrected chi connectivity index (χ1v) is 6.18. The lowest BCUT2D eigenvalue weighted by atomic mass is 10.2. The van der Waals surface area contributed by atoms with Gasteiger partial charge in [0.25, 0.3) is 5.89 Å². The number of ether oxygens (including phenoxy) is 2. The lowest BCUT2D eigenvalue weighted by Crippen LogP contribution is -2.22. The van der Waals surface area contributed by atoms with E-state index in [0.717, 1.165) is 11.3 Å². The van der Waals surface area contributed by atoms with Crippen molar-refractivity contribution in [2.45, 2.75) is 6.10 Å². The van der Waals surface area contributed by atoms with Gasteiger partial charge in [0.15, 0.2) is 0 Å². The Bertz CT molecular complexity index is 550. The summed E-state index contributed by atoms with van der Waals surface area (Å²) in [7, 11) is 1.86. The van der Waals surface area contributed by atoms with Gasteiger partial charge < -0.3 is 19.3 Å². The van der Waals surface area contributed by atoms with Crippen molar-refractivity contribution in [2.75, 3.05) is 32.2 Å². The van der Waals surface area contributed by atoms with Gasteiger partial charge >= 0.3 is 0 Å². The molecular weight excluding hydrogens is 246 g/mol. The number of rotatable bonds is 3. The molecule has 0 aliphatic carbocycles. The van der Waals surface area contributed by atoms with E-state index in [1.165, 1.54) is 0 Å². The van der Waals surface area contributed by atoms with E-state index in [0.29, 0.717) is 31.5 Å². The molecule has 2 heterocycles. The van der Waals surface area contributed by atoms with E-state index < -0.39 is 0 Å². The van der Waals surface area contributed by atoms with Gasteiger partial charge in [0.2, 0.25) is 5.82 Å². The molecule has 1 aliphatic heterocycles. The van der Waals surface area contributed by atoms with E-state index >= 15 is 0 Å². The highest BCUT2D eigenvalue weighted by Gasteiger charge is 2.23. The Kier molecular flexibility index (Phi) is 3.43. The Morgan fingerprint density at radius 2 is 2.16 bits per heavy atom. The summed E-state index contributed by atoms with van der Waals surface area (Å²) >= 11 is 0. The molecule has 1 fully saturated rings. The average Bonchev–Trinajstić information content (AvgIpc) is 2.98. The van der Waals surface area contributed by atoms with Gasteiger partial charge in [-0.15, -0.1) is 0 Å². The number of hydrogen-bond donors (Lipinski definition) is 1. The van der Waals surface area contributed by atoms with Gasteiger partial charge in [0.1, 0.15) is 6.10 Å². The van der Waals surface area contributed by atoms with Gasteiger partial charge in [-0.1, -0.05) is 17.3 Å². The molecule has 1 atom stereocenters. The molecule has 6 heteroatoms. The minimum atomic E-state index is -0.243. The van der Waals surface area contributed by atoms with E-state index in [9.17, 15) is 0 Å². The third-order valence-electron chi connectivity index (χ3n) is 2.97. The van der Waals surface area contributed by atoms with Crippen LogP contribution in [0.1, 0.15) is 11.9 Å². The summed E-state index contributed by atoms with van der Waals surface area (Å²) in [5.74, 6) is 1.01. The first kappa shape index (κ1) is 12.1. The highest BCUT2D eigenvalue weighted by Crippen LogP contribution is 2.27. The van der Waals surface area contributed by atoms with Crippen molar-refractivity contribution in [3.8, 4) is 11.5 Å². The second-order valence-electron chi connectivity index (χ2n) is 4.19. The van der Waals surface area contributed by atoms with Gasteiger partial charge in [-0.25, -0.2) is 0 Å². The van der Waals surface area contributed by atoms with Crippen LogP contribution in [0.5, 0.6) is 0 Å². The summed E-state index contributed by atoms with van der Waals surface area (Å²) in [6.07, 6.45) is -0.243. The van der Waals surface area contributed by atoms with Crippen LogP contribution in [0.15, 0.2) is 28.8 Å². The first-order valence-electron chi connectivity index (χ1n) is 6.18. The lowest BCUT2D eigenvalue weighted by Gasteiger charge is -2.19. The van der Waals surface area contributed by atoms with E-state index in [1.807, 2.05) is 31.3 Å². The standard InChI is InChI=1S/C13H15N3O3/c1-14-10-5-3-2-4-9(10)13-15-12(16-19-13)11-8-17-6-7-18-11/h2-5,11,14H,6-8H2,1H3. The van der Waals surface area contributed by atoms with Crippen LogP contribution < -0.4 is 5.32 Å². The zero-order chi connectivity index (χ0) is 13.1. The highest BCUT2D eigenvalue weighted by molar-refractivity contribution is 5.72. The molecule has 1 aromatic heterocycles. The van der Waals surface area contributed by atoms with Crippen LogP contribution in [0.3, 0.4) is 0 Å². The molecule has 2 aromatic rings. The molecule has 0 amide bonds. The number of anilines is 1.